The molecular weight excluding hydrogens is 532 g/mol. The van der Waals surface area contributed by atoms with Crippen LogP contribution in [0.3, 0.4) is 0 Å². The SMILES string of the molecule is CCOc1ccc(S(=O)(=O)N[C@H](Cc2ccccc2)C(=O)N(Cc2ccccc2)Cc2ccccc2)cc1Cl. The van der Waals surface area contributed by atoms with Crippen LogP contribution in [0.25, 0.3) is 0 Å². The van der Waals surface area contributed by atoms with Crippen molar-refractivity contribution < 1.29 is 17.9 Å². The normalized spacial score (nSPS) is 12.1. The molecule has 0 radical (unpaired) electrons. The highest BCUT2D eigenvalue weighted by molar-refractivity contribution is 7.89. The number of ether oxygens (including phenoxy) is 1. The standard InChI is InChI=1S/C31H31ClN2O4S/c1-2-38-30-19-18-27(21-28(30)32)39(36,37)33-29(20-24-12-6-3-7-13-24)31(35)34(22-25-14-8-4-9-15-25)23-26-16-10-5-11-17-26/h3-19,21,29,33H,2,20,22-23H2,1H3/t29-/m1/s1. The minimum Gasteiger partial charge on any atom is -0.492 e. The quantitative estimate of drug-likeness (QED) is 0.235. The fourth-order valence-electron chi connectivity index (χ4n) is 4.25. The molecule has 0 heterocycles. The lowest BCUT2D eigenvalue weighted by Crippen LogP contribution is -2.49. The molecule has 0 aliphatic heterocycles. The van der Waals surface area contributed by atoms with E-state index in [9.17, 15) is 13.2 Å². The fourth-order valence-corrected chi connectivity index (χ4v) is 5.76. The third-order valence-electron chi connectivity index (χ3n) is 6.14. The Bertz CT molecular complexity index is 1430. The Morgan fingerprint density at radius 2 is 1.33 bits per heavy atom. The van der Waals surface area contributed by atoms with E-state index in [0.717, 1.165) is 16.7 Å². The molecule has 0 spiro atoms. The molecule has 8 heteroatoms. The number of amides is 1. The first-order chi connectivity index (χ1) is 18.9. The maximum absolute atomic E-state index is 14.1. The van der Waals surface area contributed by atoms with E-state index in [1.54, 1.807) is 4.90 Å². The third-order valence-corrected chi connectivity index (χ3v) is 7.90. The summed E-state index contributed by atoms with van der Waals surface area (Å²) in [6, 6.07) is 31.9. The first-order valence-electron chi connectivity index (χ1n) is 12.7. The van der Waals surface area contributed by atoms with Gasteiger partial charge in [0, 0.05) is 13.1 Å². The first-order valence-corrected chi connectivity index (χ1v) is 14.6. The largest absolute Gasteiger partial charge is 0.492 e. The average molecular weight is 563 g/mol. The lowest BCUT2D eigenvalue weighted by Gasteiger charge is -2.28. The molecule has 0 aliphatic carbocycles. The van der Waals surface area contributed by atoms with Crippen molar-refractivity contribution in [3.63, 3.8) is 0 Å². The lowest BCUT2D eigenvalue weighted by atomic mass is 10.0. The van der Waals surface area contributed by atoms with Crippen LogP contribution >= 0.6 is 11.6 Å². The summed E-state index contributed by atoms with van der Waals surface area (Å²) in [6.45, 7) is 2.88. The van der Waals surface area contributed by atoms with Gasteiger partial charge >= 0.3 is 0 Å². The van der Waals surface area contributed by atoms with Crippen LogP contribution in [0.2, 0.25) is 5.02 Å². The average Bonchev–Trinajstić information content (AvgIpc) is 2.95. The summed E-state index contributed by atoms with van der Waals surface area (Å²) in [7, 11) is -4.10. The fraction of sp³-hybridized carbons (Fsp3) is 0.194. The molecule has 0 unspecified atom stereocenters. The van der Waals surface area contributed by atoms with Gasteiger partial charge in [-0.1, -0.05) is 103 Å². The molecule has 0 aromatic heterocycles. The lowest BCUT2D eigenvalue weighted by molar-refractivity contribution is -0.134. The van der Waals surface area contributed by atoms with E-state index in [4.69, 9.17) is 16.3 Å². The minimum absolute atomic E-state index is 0.0421. The van der Waals surface area contributed by atoms with Gasteiger partial charge in [-0.15, -0.1) is 0 Å². The van der Waals surface area contributed by atoms with Crippen molar-refractivity contribution in [2.24, 2.45) is 0 Å². The van der Waals surface area contributed by atoms with Gasteiger partial charge in [-0.3, -0.25) is 4.79 Å². The summed E-state index contributed by atoms with van der Waals surface area (Å²) in [5, 5.41) is 0.181. The Morgan fingerprint density at radius 1 is 0.821 bits per heavy atom. The van der Waals surface area contributed by atoms with Crippen molar-refractivity contribution in [3.05, 3.63) is 131 Å². The molecule has 202 valence electrons. The monoisotopic (exact) mass is 562 g/mol. The third kappa shape index (κ3) is 7.93. The molecule has 6 nitrogen and oxygen atoms in total. The molecule has 1 amide bonds. The van der Waals surface area contributed by atoms with Crippen molar-refractivity contribution in [1.29, 1.82) is 0 Å². The Hall–Kier alpha value is -3.65. The summed E-state index contributed by atoms with van der Waals surface area (Å²) in [5.74, 6) is 0.0686. The van der Waals surface area contributed by atoms with E-state index < -0.39 is 16.1 Å². The van der Waals surface area contributed by atoms with Crippen LogP contribution in [0.5, 0.6) is 5.75 Å². The van der Waals surface area contributed by atoms with E-state index >= 15 is 0 Å². The second-order valence-corrected chi connectivity index (χ2v) is 11.2. The second-order valence-electron chi connectivity index (χ2n) is 9.05. The van der Waals surface area contributed by atoms with Crippen molar-refractivity contribution in [3.8, 4) is 5.75 Å². The predicted molar refractivity (Wildman–Crippen MR) is 154 cm³/mol. The highest BCUT2D eigenvalue weighted by Crippen LogP contribution is 2.27. The number of rotatable bonds is 12. The van der Waals surface area contributed by atoms with Crippen LogP contribution < -0.4 is 9.46 Å². The van der Waals surface area contributed by atoms with Crippen molar-refractivity contribution in [2.75, 3.05) is 6.61 Å². The van der Waals surface area contributed by atoms with Gasteiger partial charge in [0.15, 0.2) is 0 Å². The highest BCUT2D eigenvalue weighted by Gasteiger charge is 2.30. The molecular formula is C31H31ClN2O4S. The summed E-state index contributed by atoms with van der Waals surface area (Å²) in [5.41, 5.74) is 2.73. The molecule has 0 fully saturated rings. The maximum atomic E-state index is 14.1. The Morgan fingerprint density at radius 3 is 1.82 bits per heavy atom. The van der Waals surface area contributed by atoms with Gasteiger partial charge in [0.25, 0.3) is 0 Å². The predicted octanol–water partition coefficient (Wildman–Crippen LogP) is 5.86. The van der Waals surface area contributed by atoms with Gasteiger partial charge in [-0.2, -0.15) is 4.72 Å². The Balaban J connectivity index is 1.67. The van der Waals surface area contributed by atoms with Crippen molar-refractivity contribution >= 4 is 27.5 Å². The minimum atomic E-state index is -4.10. The number of sulfonamides is 1. The number of carbonyl (C=O) groups is 1. The number of benzene rings is 4. The number of hydrogen-bond donors (Lipinski definition) is 1. The molecule has 4 rings (SSSR count). The molecule has 39 heavy (non-hydrogen) atoms. The van der Waals surface area contributed by atoms with Gasteiger partial charge in [0.2, 0.25) is 15.9 Å². The van der Waals surface area contributed by atoms with Crippen molar-refractivity contribution in [1.82, 2.24) is 9.62 Å². The zero-order valence-electron chi connectivity index (χ0n) is 21.7. The molecule has 4 aromatic carbocycles. The summed E-state index contributed by atoms with van der Waals surface area (Å²) in [6.07, 6.45) is 0.184. The van der Waals surface area contributed by atoms with Gasteiger partial charge in [-0.25, -0.2) is 8.42 Å². The molecule has 1 N–H and O–H groups in total. The van der Waals surface area contributed by atoms with Crippen LogP contribution in [0.4, 0.5) is 0 Å². The highest BCUT2D eigenvalue weighted by atomic mass is 35.5. The first kappa shape index (κ1) is 28.4. The zero-order chi connectivity index (χ0) is 27.7. The van der Waals surface area contributed by atoms with E-state index in [1.165, 1.54) is 18.2 Å². The molecule has 0 saturated heterocycles. The van der Waals surface area contributed by atoms with E-state index in [1.807, 2.05) is 97.9 Å². The summed E-state index contributed by atoms with van der Waals surface area (Å²) < 4.78 is 35.1. The number of halogens is 1. The topological polar surface area (TPSA) is 75.7 Å². The van der Waals surface area contributed by atoms with Crippen LogP contribution in [0, 0.1) is 0 Å². The number of nitrogens with one attached hydrogen (secondary N) is 1. The van der Waals surface area contributed by atoms with Gasteiger partial charge in [-0.05, 0) is 48.2 Å². The number of carbonyl (C=O) groups excluding carboxylic acids is 1. The molecule has 4 aromatic rings. The van der Waals surface area contributed by atoms with Gasteiger partial charge in [0.05, 0.1) is 16.5 Å². The number of nitrogens with zero attached hydrogens (tertiary/aromatic N) is 1. The van der Waals surface area contributed by atoms with Crippen molar-refractivity contribution in [2.45, 2.75) is 37.4 Å². The van der Waals surface area contributed by atoms with Gasteiger partial charge < -0.3 is 9.64 Å². The van der Waals surface area contributed by atoms with Crippen LogP contribution in [0.1, 0.15) is 23.6 Å². The zero-order valence-corrected chi connectivity index (χ0v) is 23.2. The van der Waals surface area contributed by atoms with E-state index in [-0.39, 0.29) is 22.2 Å². The van der Waals surface area contributed by atoms with Crippen LogP contribution in [-0.2, 0) is 34.3 Å². The Kier molecular flexibility index (Phi) is 9.76. The van der Waals surface area contributed by atoms with E-state index in [0.29, 0.717) is 25.4 Å². The summed E-state index contributed by atoms with van der Waals surface area (Å²) in [4.78, 5) is 15.8. The van der Waals surface area contributed by atoms with Crippen LogP contribution in [0.15, 0.2) is 114 Å². The number of hydrogen-bond acceptors (Lipinski definition) is 4. The molecule has 0 saturated carbocycles. The van der Waals surface area contributed by atoms with Gasteiger partial charge in [0.1, 0.15) is 11.8 Å². The second kappa shape index (κ2) is 13.4. The maximum Gasteiger partial charge on any atom is 0.241 e. The summed E-state index contributed by atoms with van der Waals surface area (Å²) >= 11 is 6.28. The molecule has 1 atom stereocenters. The molecule has 0 aliphatic rings. The van der Waals surface area contributed by atoms with Crippen LogP contribution in [-0.4, -0.2) is 31.9 Å². The smallest absolute Gasteiger partial charge is 0.241 e. The van der Waals surface area contributed by atoms with E-state index in [2.05, 4.69) is 4.72 Å². The molecule has 0 bridgehead atoms. The Labute approximate surface area is 235 Å².